The number of hydrogen-bond donors (Lipinski definition) is 1. The van der Waals surface area contributed by atoms with Crippen molar-refractivity contribution in [2.75, 3.05) is 0 Å². The highest BCUT2D eigenvalue weighted by Gasteiger charge is 2.10. The van der Waals surface area contributed by atoms with Crippen LogP contribution in [0.3, 0.4) is 0 Å². The highest BCUT2D eigenvalue weighted by Crippen LogP contribution is 2.24. The highest BCUT2D eigenvalue weighted by molar-refractivity contribution is 6.32. The van der Waals surface area contributed by atoms with Crippen molar-refractivity contribution in [3.8, 4) is 0 Å². The Labute approximate surface area is 137 Å². The van der Waals surface area contributed by atoms with E-state index >= 15 is 0 Å². The Morgan fingerprint density at radius 2 is 1.87 bits per heavy atom. The van der Waals surface area contributed by atoms with Crippen LogP contribution in [-0.4, -0.2) is 0 Å². The highest BCUT2D eigenvalue weighted by atomic mass is 35.5. The average Bonchev–Trinajstić information content (AvgIpc) is 2.51. The van der Waals surface area contributed by atoms with Crippen LogP contribution in [0.1, 0.15) is 16.7 Å². The van der Waals surface area contributed by atoms with Crippen LogP contribution < -0.4 is 10.9 Å². The Kier molecular flexibility index (Phi) is 4.46. The molecule has 0 amide bonds. The van der Waals surface area contributed by atoms with Gasteiger partial charge in [-0.3, -0.25) is 0 Å². The van der Waals surface area contributed by atoms with Gasteiger partial charge in [-0.2, -0.15) is 0 Å². The van der Waals surface area contributed by atoms with E-state index in [1.165, 1.54) is 18.2 Å². The van der Waals surface area contributed by atoms with Crippen molar-refractivity contribution in [3.63, 3.8) is 0 Å². The fourth-order valence-corrected chi connectivity index (χ4v) is 2.70. The first-order chi connectivity index (χ1) is 11.0. The van der Waals surface area contributed by atoms with E-state index in [-0.39, 0.29) is 11.4 Å². The monoisotopic (exact) mass is 332 g/mol. The maximum Gasteiger partial charge on any atom is 0.336 e. The molecule has 3 aromatic rings. The molecule has 0 saturated carbocycles. The number of aryl methyl sites for hydroxylation is 1. The lowest BCUT2D eigenvalue weighted by Crippen LogP contribution is -2.80. The molecule has 0 aliphatic carbocycles. The van der Waals surface area contributed by atoms with Crippen LogP contribution in [0, 0.1) is 12.7 Å². The topological polar surface area (TPSA) is 46.8 Å². The third kappa shape index (κ3) is 3.60. The van der Waals surface area contributed by atoms with Crippen LogP contribution in [0.15, 0.2) is 51.7 Å². The smallest absolute Gasteiger partial charge is 0.336 e. The predicted molar refractivity (Wildman–Crippen MR) is 88.0 cm³/mol. The molecule has 3 nitrogen and oxygen atoms in total. The number of fused-ring (bicyclic) bond motifs is 1. The normalized spacial score (nSPS) is 11.1. The molecule has 0 bridgehead atoms. The number of hydrogen-bond acceptors (Lipinski definition) is 2. The molecule has 0 saturated heterocycles. The second-order valence-corrected chi connectivity index (χ2v) is 5.92. The van der Waals surface area contributed by atoms with E-state index in [9.17, 15) is 9.18 Å². The van der Waals surface area contributed by atoms with Gasteiger partial charge in [-0.25, -0.2) is 9.18 Å². The zero-order chi connectivity index (χ0) is 16.4. The number of rotatable bonds is 4. The van der Waals surface area contributed by atoms with E-state index in [4.69, 9.17) is 16.0 Å². The minimum atomic E-state index is -0.371. The Hall–Kier alpha value is -2.17. The van der Waals surface area contributed by atoms with Crippen molar-refractivity contribution in [2.45, 2.75) is 20.0 Å². The van der Waals surface area contributed by atoms with Crippen molar-refractivity contribution in [1.82, 2.24) is 0 Å². The molecule has 1 aromatic heterocycles. The maximum atomic E-state index is 12.9. The standard InChI is InChI=1S/C18H15ClFNO2/c1-11-6-17-15(8-16(11)19)13(7-18(22)23-17)10-21-9-12-2-4-14(20)5-3-12/h2-8,21H,9-10H2,1H3/p+1. The largest absolute Gasteiger partial charge is 0.423 e. The molecule has 0 unspecified atom stereocenters. The van der Waals surface area contributed by atoms with Crippen molar-refractivity contribution < 1.29 is 14.1 Å². The molecule has 0 spiro atoms. The fourth-order valence-electron chi connectivity index (χ4n) is 2.53. The molecule has 0 fully saturated rings. The van der Waals surface area contributed by atoms with Gasteiger partial charge in [-0.15, -0.1) is 0 Å². The van der Waals surface area contributed by atoms with Crippen LogP contribution >= 0.6 is 11.6 Å². The lowest BCUT2D eigenvalue weighted by Gasteiger charge is -2.07. The van der Waals surface area contributed by atoms with Gasteiger partial charge in [0.05, 0.1) is 0 Å². The van der Waals surface area contributed by atoms with Crippen LogP contribution in [0.25, 0.3) is 11.0 Å². The summed E-state index contributed by atoms with van der Waals surface area (Å²) >= 11 is 6.18. The first-order valence-electron chi connectivity index (χ1n) is 7.32. The summed E-state index contributed by atoms with van der Waals surface area (Å²) in [5.74, 6) is -0.245. The lowest BCUT2D eigenvalue weighted by atomic mass is 10.1. The van der Waals surface area contributed by atoms with Crippen LogP contribution in [0.2, 0.25) is 5.02 Å². The summed E-state index contributed by atoms with van der Waals surface area (Å²) in [6, 6.07) is 11.5. The molecule has 23 heavy (non-hydrogen) atoms. The quantitative estimate of drug-likeness (QED) is 0.746. The molecular formula is C18H16ClFNO2+. The van der Waals surface area contributed by atoms with Gasteiger partial charge in [-0.1, -0.05) is 23.7 Å². The molecule has 0 radical (unpaired) electrons. The minimum Gasteiger partial charge on any atom is -0.423 e. The van der Waals surface area contributed by atoms with E-state index in [1.807, 2.05) is 13.0 Å². The summed E-state index contributed by atoms with van der Waals surface area (Å²) in [6.07, 6.45) is 0. The molecule has 5 heteroatoms. The van der Waals surface area contributed by atoms with Gasteiger partial charge in [0, 0.05) is 27.6 Å². The number of quaternary nitrogens is 1. The molecule has 1 heterocycles. The molecular weight excluding hydrogens is 317 g/mol. The van der Waals surface area contributed by atoms with Crippen molar-refractivity contribution in [1.29, 1.82) is 0 Å². The lowest BCUT2D eigenvalue weighted by molar-refractivity contribution is -0.686. The van der Waals surface area contributed by atoms with E-state index in [1.54, 1.807) is 18.2 Å². The SMILES string of the molecule is Cc1cc2oc(=O)cc(C[NH2+]Cc3ccc(F)cc3)c2cc1Cl. The molecule has 0 aliphatic heterocycles. The Bertz CT molecular complexity index is 903. The zero-order valence-electron chi connectivity index (χ0n) is 12.6. The van der Waals surface area contributed by atoms with Crippen LogP contribution in [0.5, 0.6) is 0 Å². The predicted octanol–water partition coefficient (Wildman–Crippen LogP) is 3.16. The molecule has 2 N–H and O–H groups in total. The van der Waals surface area contributed by atoms with Gasteiger partial charge >= 0.3 is 5.63 Å². The molecule has 0 atom stereocenters. The number of nitrogens with two attached hydrogens (primary N) is 1. The van der Waals surface area contributed by atoms with Crippen LogP contribution in [-0.2, 0) is 13.1 Å². The van der Waals surface area contributed by atoms with Crippen molar-refractivity contribution >= 4 is 22.6 Å². The molecule has 118 valence electrons. The van der Waals surface area contributed by atoms with Gasteiger partial charge in [0.25, 0.3) is 0 Å². The van der Waals surface area contributed by atoms with Gasteiger partial charge < -0.3 is 9.73 Å². The molecule has 2 aromatic carbocycles. The van der Waals surface area contributed by atoms with E-state index in [0.717, 1.165) is 22.1 Å². The van der Waals surface area contributed by atoms with Gasteiger partial charge in [-0.05, 0) is 36.8 Å². The summed E-state index contributed by atoms with van der Waals surface area (Å²) in [6.45, 7) is 3.18. The summed E-state index contributed by atoms with van der Waals surface area (Å²) in [5.41, 5.74) is 2.94. The first kappa shape index (κ1) is 15.7. The average molecular weight is 333 g/mol. The van der Waals surface area contributed by atoms with Crippen molar-refractivity contribution in [3.05, 3.63) is 80.4 Å². The number of halogens is 2. The van der Waals surface area contributed by atoms with Gasteiger partial charge in [0.2, 0.25) is 0 Å². The van der Waals surface area contributed by atoms with E-state index < -0.39 is 0 Å². The van der Waals surface area contributed by atoms with Gasteiger partial charge in [0.1, 0.15) is 24.5 Å². The summed E-state index contributed by atoms with van der Waals surface area (Å²) in [5, 5.41) is 3.54. The van der Waals surface area contributed by atoms with Gasteiger partial charge in [0.15, 0.2) is 0 Å². The summed E-state index contributed by atoms with van der Waals surface area (Å²) < 4.78 is 18.1. The molecule has 3 rings (SSSR count). The zero-order valence-corrected chi connectivity index (χ0v) is 13.4. The first-order valence-corrected chi connectivity index (χ1v) is 7.70. The second-order valence-electron chi connectivity index (χ2n) is 5.51. The third-order valence-corrected chi connectivity index (χ3v) is 4.17. The fraction of sp³-hybridized carbons (Fsp3) is 0.167. The Balaban J connectivity index is 1.83. The minimum absolute atomic E-state index is 0.245. The Morgan fingerprint density at radius 3 is 2.61 bits per heavy atom. The second kappa shape index (κ2) is 6.52. The van der Waals surface area contributed by atoms with Crippen LogP contribution in [0.4, 0.5) is 4.39 Å². The maximum absolute atomic E-state index is 12.9. The third-order valence-electron chi connectivity index (χ3n) is 3.77. The summed E-state index contributed by atoms with van der Waals surface area (Å²) in [4.78, 5) is 11.7. The van der Waals surface area contributed by atoms with Crippen molar-refractivity contribution in [2.24, 2.45) is 0 Å². The Morgan fingerprint density at radius 1 is 1.13 bits per heavy atom. The molecule has 0 aliphatic rings. The summed E-state index contributed by atoms with van der Waals surface area (Å²) in [7, 11) is 0. The van der Waals surface area contributed by atoms with E-state index in [2.05, 4.69) is 5.32 Å². The number of benzene rings is 2. The van der Waals surface area contributed by atoms with E-state index in [0.29, 0.717) is 23.7 Å².